The molecule has 0 fully saturated rings. The highest BCUT2D eigenvalue weighted by Gasteiger charge is 2.08. The third-order valence-electron chi connectivity index (χ3n) is 3.74. The Hall–Kier alpha value is -3.03. The van der Waals surface area contributed by atoms with Gasteiger partial charge in [0.2, 0.25) is 5.91 Å². The van der Waals surface area contributed by atoms with Crippen LogP contribution < -0.4 is 20.1 Å². The molecule has 0 aliphatic heterocycles. The molecule has 0 saturated heterocycles. The number of aliphatic hydroxyl groups excluding tert-OH is 1. The first-order valence-corrected chi connectivity index (χ1v) is 9.45. The van der Waals surface area contributed by atoms with Crippen LogP contribution in [0.4, 0.5) is 0 Å². The minimum Gasteiger partial charge on any atom is -0.491 e. The highest BCUT2D eigenvalue weighted by atomic mass is 16.5. The summed E-state index contributed by atoms with van der Waals surface area (Å²) in [6, 6.07) is 15.1. The lowest BCUT2D eigenvalue weighted by molar-refractivity contribution is -0.118. The van der Waals surface area contributed by atoms with Crippen molar-refractivity contribution in [3.63, 3.8) is 0 Å². The van der Waals surface area contributed by atoms with E-state index in [2.05, 4.69) is 17.2 Å². The molecule has 3 N–H and O–H groups in total. The van der Waals surface area contributed by atoms with Gasteiger partial charge < -0.3 is 29.6 Å². The van der Waals surface area contributed by atoms with Crippen LogP contribution >= 0.6 is 0 Å². The molecule has 1 unspecified atom stereocenters. The van der Waals surface area contributed by atoms with Gasteiger partial charge in [-0.1, -0.05) is 24.3 Å². The molecule has 2 aromatic heterocycles. The van der Waals surface area contributed by atoms with E-state index in [1.807, 2.05) is 48.5 Å². The molecule has 0 aliphatic carbocycles. The van der Waals surface area contributed by atoms with Crippen LogP contribution in [-0.4, -0.2) is 50.0 Å². The fraction of sp³-hybridized carbons (Fsp3) is 0.318. The van der Waals surface area contributed by atoms with Crippen molar-refractivity contribution >= 4 is 17.1 Å². The summed E-state index contributed by atoms with van der Waals surface area (Å²) >= 11 is 0. The van der Waals surface area contributed by atoms with Crippen LogP contribution in [0.2, 0.25) is 0 Å². The Morgan fingerprint density at radius 2 is 2.03 bits per heavy atom. The Balaban J connectivity index is 0.000000370. The van der Waals surface area contributed by atoms with E-state index >= 15 is 0 Å². The lowest BCUT2D eigenvalue weighted by Gasteiger charge is -2.13. The number of hydrogen-bond acceptors (Lipinski definition) is 6. The van der Waals surface area contributed by atoms with Gasteiger partial charge in [0.1, 0.15) is 30.7 Å². The van der Waals surface area contributed by atoms with Gasteiger partial charge in [-0.3, -0.25) is 4.79 Å². The van der Waals surface area contributed by atoms with E-state index in [0.29, 0.717) is 26.2 Å². The number of fused-ring (bicyclic) bond motifs is 2. The molecule has 3 rings (SSSR count). The van der Waals surface area contributed by atoms with Gasteiger partial charge in [0, 0.05) is 32.6 Å². The smallest absolute Gasteiger partial charge is 0.217 e. The molecule has 2 bridgehead atoms. The van der Waals surface area contributed by atoms with Crippen LogP contribution in [0.15, 0.2) is 65.6 Å². The number of aliphatic hydroxyl groups is 1. The summed E-state index contributed by atoms with van der Waals surface area (Å²) in [6.07, 6.45) is 1.08. The van der Waals surface area contributed by atoms with Gasteiger partial charge in [-0.05, 0) is 24.3 Å². The summed E-state index contributed by atoms with van der Waals surface area (Å²) in [5.74, 6) is 1.52. The van der Waals surface area contributed by atoms with E-state index in [-0.39, 0.29) is 12.5 Å². The van der Waals surface area contributed by atoms with Crippen molar-refractivity contribution in [2.45, 2.75) is 13.0 Å². The zero-order chi connectivity index (χ0) is 20.9. The van der Waals surface area contributed by atoms with Crippen LogP contribution in [-0.2, 0) is 4.79 Å². The Bertz CT molecular complexity index is 834. The highest BCUT2D eigenvalue weighted by molar-refractivity contribution is 5.72. The zero-order valence-corrected chi connectivity index (χ0v) is 16.6. The first-order valence-electron chi connectivity index (χ1n) is 9.45. The topological polar surface area (TPSA) is 93.0 Å². The second kappa shape index (κ2) is 12.4. The summed E-state index contributed by atoms with van der Waals surface area (Å²) in [5.41, 5.74) is 1.60. The minimum atomic E-state index is -0.557. The number of nitrogens with one attached hydrogen (secondary N) is 2. The van der Waals surface area contributed by atoms with E-state index in [1.165, 1.54) is 6.92 Å². The van der Waals surface area contributed by atoms with Gasteiger partial charge in [0.15, 0.2) is 11.3 Å². The second-order valence-corrected chi connectivity index (χ2v) is 6.27. The molecule has 1 atom stereocenters. The van der Waals surface area contributed by atoms with Gasteiger partial charge in [-0.2, -0.15) is 0 Å². The average Bonchev–Trinajstić information content (AvgIpc) is 3.35. The Labute approximate surface area is 170 Å². The average molecular weight is 400 g/mol. The predicted molar refractivity (Wildman–Crippen MR) is 113 cm³/mol. The third-order valence-corrected chi connectivity index (χ3v) is 3.74. The maximum absolute atomic E-state index is 10.0. The first-order chi connectivity index (χ1) is 14.1. The van der Waals surface area contributed by atoms with Crippen molar-refractivity contribution in [2.24, 2.45) is 0 Å². The lowest BCUT2D eigenvalue weighted by atomic mass is 10.3. The largest absolute Gasteiger partial charge is 0.491 e. The zero-order valence-electron chi connectivity index (χ0n) is 16.6. The number of para-hydroxylation sites is 1. The number of benzene rings is 2. The SMILES string of the molecule is C=CCNC(C)=O.OC(CNCCOc1cc2ccc1o2)COc1ccccc1. The first kappa shape index (κ1) is 22.3. The number of rotatable bonds is 11. The number of carbonyl (C=O) groups is 1. The molecule has 0 radical (unpaired) electrons. The standard InChI is InChI=1S/C17H19NO4.C5H9NO/c19-13(12-21-14-4-2-1-3-5-14)11-18-8-9-20-17-10-15-6-7-16(17)22-15;1-3-4-6-5(2)7/h1-7,10,13,18-19H,8-9,11-12H2;3H,1,4H2,2H3,(H,6,7). The molecule has 7 heteroatoms. The van der Waals surface area contributed by atoms with Crippen LogP contribution in [0.5, 0.6) is 11.5 Å². The molecule has 29 heavy (non-hydrogen) atoms. The van der Waals surface area contributed by atoms with E-state index in [4.69, 9.17) is 13.9 Å². The molecule has 0 saturated carbocycles. The number of hydrogen-bond donors (Lipinski definition) is 3. The monoisotopic (exact) mass is 400 g/mol. The Morgan fingerprint density at radius 1 is 1.24 bits per heavy atom. The molecule has 0 aliphatic rings. The molecule has 1 amide bonds. The summed E-state index contributed by atoms with van der Waals surface area (Å²) in [6.45, 7) is 7.34. The Kier molecular flexibility index (Phi) is 9.54. The summed E-state index contributed by atoms with van der Waals surface area (Å²) in [7, 11) is 0. The number of amides is 1. The maximum Gasteiger partial charge on any atom is 0.217 e. The van der Waals surface area contributed by atoms with E-state index < -0.39 is 6.10 Å². The van der Waals surface area contributed by atoms with E-state index in [0.717, 1.165) is 22.7 Å². The normalized spacial score (nSPS) is 11.4. The van der Waals surface area contributed by atoms with Crippen molar-refractivity contribution in [3.05, 3.63) is 61.2 Å². The molecule has 7 nitrogen and oxygen atoms in total. The highest BCUT2D eigenvalue weighted by Crippen LogP contribution is 2.28. The number of furan rings is 2. The fourth-order valence-corrected chi connectivity index (χ4v) is 2.36. The van der Waals surface area contributed by atoms with Gasteiger partial charge in [0.25, 0.3) is 0 Å². The van der Waals surface area contributed by atoms with Gasteiger partial charge in [-0.15, -0.1) is 6.58 Å². The maximum atomic E-state index is 10.0. The van der Waals surface area contributed by atoms with Gasteiger partial charge in [-0.25, -0.2) is 0 Å². The lowest BCUT2D eigenvalue weighted by Crippen LogP contribution is -2.33. The number of carbonyl (C=O) groups excluding carboxylic acids is 1. The van der Waals surface area contributed by atoms with Crippen molar-refractivity contribution in [3.8, 4) is 11.5 Å². The van der Waals surface area contributed by atoms with Crippen LogP contribution in [0.25, 0.3) is 11.2 Å². The summed E-state index contributed by atoms with van der Waals surface area (Å²) in [5, 5.41) is 15.5. The fourth-order valence-electron chi connectivity index (χ4n) is 2.36. The second-order valence-electron chi connectivity index (χ2n) is 6.27. The summed E-state index contributed by atoms with van der Waals surface area (Å²) < 4.78 is 16.5. The summed E-state index contributed by atoms with van der Waals surface area (Å²) in [4.78, 5) is 10.0. The Morgan fingerprint density at radius 3 is 2.62 bits per heavy atom. The van der Waals surface area contributed by atoms with E-state index in [9.17, 15) is 9.90 Å². The predicted octanol–water partition coefficient (Wildman–Crippen LogP) is 2.59. The van der Waals surface area contributed by atoms with Crippen LogP contribution in [0, 0.1) is 0 Å². The molecule has 156 valence electrons. The molecular formula is C22H28N2O5. The molecule has 2 heterocycles. The van der Waals surface area contributed by atoms with Crippen molar-refractivity contribution in [1.29, 1.82) is 0 Å². The molecule has 1 aromatic carbocycles. The van der Waals surface area contributed by atoms with Gasteiger partial charge >= 0.3 is 0 Å². The van der Waals surface area contributed by atoms with Crippen LogP contribution in [0.3, 0.4) is 0 Å². The molecule has 0 spiro atoms. The van der Waals surface area contributed by atoms with Crippen LogP contribution in [0.1, 0.15) is 6.92 Å². The molecular weight excluding hydrogens is 372 g/mol. The van der Waals surface area contributed by atoms with Crippen molar-refractivity contribution in [2.75, 3.05) is 32.8 Å². The minimum absolute atomic E-state index is 0.0140. The van der Waals surface area contributed by atoms with E-state index in [1.54, 1.807) is 6.08 Å². The number of ether oxygens (including phenoxy) is 2. The third kappa shape index (κ3) is 8.68. The van der Waals surface area contributed by atoms with Gasteiger partial charge in [0.05, 0.1) is 0 Å². The van der Waals surface area contributed by atoms with Crippen molar-refractivity contribution < 1.29 is 23.8 Å². The molecule has 3 aromatic rings. The van der Waals surface area contributed by atoms with Crippen molar-refractivity contribution in [1.82, 2.24) is 10.6 Å². The quantitative estimate of drug-likeness (QED) is 0.338.